The number of H-pyrrole nitrogens is 1. The van der Waals surface area contributed by atoms with E-state index in [-0.39, 0.29) is 16.9 Å². The van der Waals surface area contributed by atoms with Gasteiger partial charge >= 0.3 is 5.97 Å². The van der Waals surface area contributed by atoms with E-state index < -0.39 is 17.9 Å². The van der Waals surface area contributed by atoms with Crippen molar-refractivity contribution in [1.29, 1.82) is 0 Å². The van der Waals surface area contributed by atoms with Crippen molar-refractivity contribution in [3.8, 4) is 0 Å². The topological polar surface area (TPSA) is 72.0 Å². The van der Waals surface area contributed by atoms with Crippen molar-refractivity contribution in [2.75, 3.05) is 0 Å². The van der Waals surface area contributed by atoms with Crippen LogP contribution in [0.25, 0.3) is 16.3 Å². The third-order valence-electron chi connectivity index (χ3n) is 4.04. The Balaban J connectivity index is 1.78. The van der Waals surface area contributed by atoms with Crippen LogP contribution in [0, 0.1) is 19.7 Å². The van der Waals surface area contributed by atoms with Gasteiger partial charge in [0, 0.05) is 16.5 Å². The van der Waals surface area contributed by atoms with Crippen LogP contribution in [0.4, 0.5) is 4.39 Å². The first-order valence-electron chi connectivity index (χ1n) is 8.00. The molecule has 0 aliphatic rings. The fourth-order valence-electron chi connectivity index (χ4n) is 2.50. The molecule has 5 nitrogen and oxygen atoms in total. The molecule has 3 rings (SSSR count). The molecule has 1 atom stereocenters. The first-order chi connectivity index (χ1) is 12.4. The third-order valence-corrected chi connectivity index (χ3v) is 5.14. The van der Waals surface area contributed by atoms with E-state index in [0.29, 0.717) is 10.2 Å². The Morgan fingerprint density at radius 3 is 2.81 bits per heavy atom. The van der Waals surface area contributed by atoms with Crippen LogP contribution in [0.3, 0.4) is 0 Å². The van der Waals surface area contributed by atoms with Crippen molar-refractivity contribution >= 4 is 33.6 Å². The number of halogens is 1. The van der Waals surface area contributed by atoms with E-state index in [4.69, 9.17) is 4.74 Å². The normalized spacial score (nSPS) is 12.6. The number of carbonyl (C=O) groups excluding carboxylic acids is 1. The van der Waals surface area contributed by atoms with Crippen molar-refractivity contribution in [2.24, 2.45) is 0 Å². The lowest BCUT2D eigenvalue weighted by molar-refractivity contribution is -0.142. The molecule has 26 heavy (non-hydrogen) atoms. The lowest BCUT2D eigenvalue weighted by Gasteiger charge is -2.11. The minimum Gasteiger partial charge on any atom is -0.451 e. The maximum atomic E-state index is 13.5. The number of benzene rings is 1. The van der Waals surface area contributed by atoms with Gasteiger partial charge in [0.2, 0.25) is 0 Å². The summed E-state index contributed by atoms with van der Waals surface area (Å²) in [6, 6.07) is 6.10. The molecule has 0 amide bonds. The zero-order valence-electron chi connectivity index (χ0n) is 14.5. The van der Waals surface area contributed by atoms with E-state index in [1.807, 2.05) is 13.8 Å². The van der Waals surface area contributed by atoms with Crippen LogP contribution < -0.4 is 5.56 Å². The highest BCUT2D eigenvalue weighted by atomic mass is 32.1. The molecule has 1 N–H and O–H groups in total. The van der Waals surface area contributed by atoms with Gasteiger partial charge in [-0.3, -0.25) is 4.79 Å². The molecule has 2 aromatic heterocycles. The van der Waals surface area contributed by atoms with E-state index in [1.165, 1.54) is 23.5 Å². The van der Waals surface area contributed by atoms with Crippen molar-refractivity contribution < 1.29 is 13.9 Å². The van der Waals surface area contributed by atoms with Crippen LogP contribution in [-0.2, 0) is 9.53 Å². The van der Waals surface area contributed by atoms with Crippen molar-refractivity contribution in [1.82, 2.24) is 9.97 Å². The number of hydrogen-bond acceptors (Lipinski definition) is 5. The standard InChI is InChI=1S/C19H17FN2O3S/c1-10-12(3)26-19-16(10)18(24)21-17(22-19)11(2)25-15(23)9-8-13-6-4-5-7-14(13)20/h4-9,11H,1-3H3,(H,21,22,24)/b9-8+/t11-/m0/s1. The minimum absolute atomic E-state index is 0.253. The molecule has 0 unspecified atom stereocenters. The summed E-state index contributed by atoms with van der Waals surface area (Å²) in [5, 5.41) is 0.564. The van der Waals surface area contributed by atoms with Crippen LogP contribution in [0.2, 0.25) is 0 Å². The molecule has 0 bridgehead atoms. The fraction of sp³-hybridized carbons (Fsp3) is 0.211. The molecule has 7 heteroatoms. The Labute approximate surface area is 153 Å². The second-order valence-corrected chi connectivity index (χ2v) is 7.05. The highest BCUT2D eigenvalue weighted by Crippen LogP contribution is 2.26. The van der Waals surface area contributed by atoms with Gasteiger partial charge in [0.15, 0.2) is 11.9 Å². The van der Waals surface area contributed by atoms with Crippen molar-refractivity contribution in [2.45, 2.75) is 26.9 Å². The van der Waals surface area contributed by atoms with Crippen molar-refractivity contribution in [3.05, 3.63) is 68.3 Å². The summed E-state index contributed by atoms with van der Waals surface area (Å²) in [4.78, 5) is 33.0. The van der Waals surface area contributed by atoms with Gasteiger partial charge in [-0.05, 0) is 38.5 Å². The van der Waals surface area contributed by atoms with Gasteiger partial charge in [0.1, 0.15) is 10.6 Å². The average molecular weight is 372 g/mol. The second-order valence-electron chi connectivity index (χ2n) is 5.85. The molecule has 3 aromatic rings. The number of aromatic nitrogens is 2. The van der Waals surface area contributed by atoms with E-state index in [2.05, 4.69) is 9.97 Å². The Morgan fingerprint density at radius 1 is 1.35 bits per heavy atom. The number of aromatic amines is 1. The van der Waals surface area contributed by atoms with Crippen LogP contribution in [0.15, 0.2) is 35.1 Å². The Kier molecular flexibility index (Phi) is 4.99. The predicted octanol–water partition coefficient (Wildman–Crippen LogP) is 4.06. The van der Waals surface area contributed by atoms with E-state index in [1.54, 1.807) is 25.1 Å². The maximum absolute atomic E-state index is 13.5. The molecular formula is C19H17FN2O3S. The molecule has 0 aliphatic carbocycles. The Hall–Kier alpha value is -2.80. The van der Waals surface area contributed by atoms with Crippen LogP contribution in [0.5, 0.6) is 0 Å². The first-order valence-corrected chi connectivity index (χ1v) is 8.81. The predicted molar refractivity (Wildman–Crippen MR) is 99.7 cm³/mol. The monoisotopic (exact) mass is 372 g/mol. The largest absolute Gasteiger partial charge is 0.451 e. The van der Waals surface area contributed by atoms with Crippen LogP contribution in [0.1, 0.15) is 34.9 Å². The molecule has 0 radical (unpaired) electrons. The molecule has 0 spiro atoms. The lowest BCUT2D eigenvalue weighted by atomic mass is 10.2. The quantitative estimate of drug-likeness (QED) is 0.554. The summed E-state index contributed by atoms with van der Waals surface area (Å²) >= 11 is 1.43. The molecule has 0 fully saturated rings. The van der Waals surface area contributed by atoms with E-state index in [9.17, 15) is 14.0 Å². The Morgan fingerprint density at radius 2 is 2.08 bits per heavy atom. The summed E-state index contributed by atoms with van der Waals surface area (Å²) in [6.45, 7) is 5.42. The van der Waals surface area contributed by atoms with Gasteiger partial charge in [0.05, 0.1) is 5.39 Å². The molecule has 0 saturated carbocycles. The highest BCUT2D eigenvalue weighted by molar-refractivity contribution is 7.18. The number of ether oxygens (including phenoxy) is 1. The number of carbonyl (C=O) groups is 1. The van der Waals surface area contributed by atoms with Crippen LogP contribution >= 0.6 is 11.3 Å². The molecule has 0 aliphatic heterocycles. The first kappa shape index (κ1) is 18.0. The van der Waals surface area contributed by atoms with Gasteiger partial charge in [-0.1, -0.05) is 18.2 Å². The number of fused-ring (bicyclic) bond motifs is 1. The molecule has 2 heterocycles. The van der Waals surface area contributed by atoms with Gasteiger partial charge in [0.25, 0.3) is 5.56 Å². The Bertz CT molecular complexity index is 1070. The summed E-state index contributed by atoms with van der Waals surface area (Å²) in [5.74, 6) is -0.803. The molecule has 1 aromatic carbocycles. The zero-order chi connectivity index (χ0) is 18.8. The smallest absolute Gasteiger partial charge is 0.331 e. The minimum atomic E-state index is -0.743. The average Bonchev–Trinajstić information content (AvgIpc) is 2.88. The number of rotatable bonds is 4. The highest BCUT2D eigenvalue weighted by Gasteiger charge is 2.17. The van der Waals surface area contributed by atoms with Crippen LogP contribution in [-0.4, -0.2) is 15.9 Å². The number of hydrogen-bond donors (Lipinski definition) is 1. The van der Waals surface area contributed by atoms with E-state index in [0.717, 1.165) is 16.5 Å². The summed E-state index contributed by atoms with van der Waals surface area (Å²) in [6.07, 6.45) is 1.74. The van der Waals surface area contributed by atoms with E-state index >= 15 is 0 Å². The number of thiophene rings is 1. The second kappa shape index (κ2) is 7.21. The van der Waals surface area contributed by atoms with Gasteiger partial charge in [-0.25, -0.2) is 14.2 Å². The SMILES string of the molecule is Cc1sc2nc([C@H](C)OC(=O)/C=C/c3ccccc3F)[nH]c(=O)c2c1C. The van der Waals surface area contributed by atoms with Crippen molar-refractivity contribution in [3.63, 3.8) is 0 Å². The maximum Gasteiger partial charge on any atom is 0.331 e. The summed E-state index contributed by atoms with van der Waals surface area (Å²) in [7, 11) is 0. The third kappa shape index (κ3) is 3.57. The number of nitrogens with zero attached hydrogens (tertiary/aromatic N) is 1. The lowest BCUT2D eigenvalue weighted by Crippen LogP contribution is -2.16. The summed E-state index contributed by atoms with van der Waals surface area (Å²) < 4.78 is 18.8. The summed E-state index contributed by atoms with van der Waals surface area (Å²) in [5.41, 5.74) is 0.939. The molecule has 0 saturated heterocycles. The van der Waals surface area contributed by atoms with Gasteiger partial charge in [-0.15, -0.1) is 11.3 Å². The number of aryl methyl sites for hydroxylation is 2. The van der Waals surface area contributed by atoms with Gasteiger partial charge in [-0.2, -0.15) is 0 Å². The molecule has 134 valence electrons. The van der Waals surface area contributed by atoms with Gasteiger partial charge < -0.3 is 9.72 Å². The fourth-order valence-corrected chi connectivity index (χ4v) is 3.54. The number of nitrogens with one attached hydrogen (secondary N) is 1. The number of esters is 1. The zero-order valence-corrected chi connectivity index (χ0v) is 15.3. The molecular weight excluding hydrogens is 355 g/mol.